The molecule has 0 saturated carbocycles. The van der Waals surface area contributed by atoms with Gasteiger partial charge < -0.3 is 10.6 Å². The lowest BCUT2D eigenvalue weighted by molar-refractivity contribution is -0.126. The maximum atomic E-state index is 12.8. The van der Waals surface area contributed by atoms with Crippen molar-refractivity contribution in [2.45, 2.75) is 24.5 Å². The minimum atomic E-state index is -0.146. The third-order valence-electron chi connectivity index (χ3n) is 4.68. The van der Waals surface area contributed by atoms with Crippen LogP contribution < -0.4 is 16.0 Å². The molecular formula is C20H21N3OS. The predicted molar refractivity (Wildman–Crippen MR) is 104 cm³/mol. The molecule has 4 unspecified atom stereocenters. The zero-order chi connectivity index (χ0) is 17.2. The molecule has 2 aliphatic heterocycles. The highest BCUT2D eigenvalue weighted by Gasteiger charge is 2.43. The fourth-order valence-electron chi connectivity index (χ4n) is 3.37. The van der Waals surface area contributed by atoms with Crippen LogP contribution in [0.3, 0.4) is 0 Å². The molecule has 5 heteroatoms. The van der Waals surface area contributed by atoms with Crippen LogP contribution in [0.1, 0.15) is 12.5 Å². The molecule has 25 heavy (non-hydrogen) atoms. The molecule has 1 saturated heterocycles. The Morgan fingerprint density at radius 2 is 1.72 bits per heavy atom. The fourth-order valence-corrected chi connectivity index (χ4v) is 4.59. The van der Waals surface area contributed by atoms with Crippen molar-refractivity contribution in [3.05, 3.63) is 71.6 Å². The second-order valence-electron chi connectivity index (χ2n) is 6.43. The van der Waals surface area contributed by atoms with E-state index in [9.17, 15) is 4.79 Å². The first-order chi connectivity index (χ1) is 12.2. The minimum absolute atomic E-state index is 0.0775. The molecule has 0 aromatic heterocycles. The molecule has 2 aliphatic rings. The lowest BCUT2D eigenvalue weighted by Crippen LogP contribution is -2.64. The highest BCUT2D eigenvalue weighted by Crippen LogP contribution is 2.41. The molecule has 0 spiro atoms. The van der Waals surface area contributed by atoms with E-state index in [4.69, 9.17) is 0 Å². The van der Waals surface area contributed by atoms with Gasteiger partial charge in [0.05, 0.1) is 17.3 Å². The number of nitrogens with one attached hydrogen (secondary N) is 3. The molecule has 2 aromatic rings. The average molecular weight is 351 g/mol. The second kappa shape index (κ2) is 6.94. The smallest absolute Gasteiger partial charge is 0.231 e. The van der Waals surface area contributed by atoms with E-state index in [2.05, 4.69) is 40.4 Å². The summed E-state index contributed by atoms with van der Waals surface area (Å²) in [6.45, 7) is 2.08. The zero-order valence-electron chi connectivity index (χ0n) is 14.0. The monoisotopic (exact) mass is 351 g/mol. The standard InChI is InChI=1S/C20H21N3OS/c1-13(21-15-10-6-3-7-11-15)18-22-19(24)17-16(12-25-20(17)23-18)14-8-4-2-5-9-14/h2-13,17-18,20-21,23H,1H3,(H,22,24). The van der Waals surface area contributed by atoms with E-state index in [1.165, 1.54) is 0 Å². The Kier molecular flexibility index (Phi) is 4.51. The first-order valence-corrected chi connectivity index (χ1v) is 9.45. The lowest BCUT2D eigenvalue weighted by Gasteiger charge is -2.38. The van der Waals surface area contributed by atoms with Crippen molar-refractivity contribution in [3.63, 3.8) is 0 Å². The predicted octanol–water partition coefficient (Wildman–Crippen LogP) is 3.26. The molecule has 128 valence electrons. The Bertz CT molecular complexity index is 778. The van der Waals surface area contributed by atoms with Crippen molar-refractivity contribution in [3.8, 4) is 0 Å². The summed E-state index contributed by atoms with van der Waals surface area (Å²) < 4.78 is 0. The highest BCUT2D eigenvalue weighted by molar-refractivity contribution is 8.03. The molecule has 4 nitrogen and oxygen atoms in total. The number of rotatable bonds is 4. The Hall–Kier alpha value is -2.24. The van der Waals surface area contributed by atoms with Gasteiger partial charge in [-0.1, -0.05) is 48.5 Å². The summed E-state index contributed by atoms with van der Waals surface area (Å²) >= 11 is 1.70. The third-order valence-corrected chi connectivity index (χ3v) is 5.77. The van der Waals surface area contributed by atoms with E-state index in [1.807, 2.05) is 48.5 Å². The van der Waals surface area contributed by atoms with Gasteiger partial charge in [0.25, 0.3) is 0 Å². The molecule has 1 amide bonds. The summed E-state index contributed by atoms with van der Waals surface area (Å²) in [4.78, 5) is 12.8. The number of para-hydroxylation sites is 1. The van der Waals surface area contributed by atoms with Crippen molar-refractivity contribution in [1.29, 1.82) is 0 Å². The van der Waals surface area contributed by atoms with Crippen LogP contribution in [0.2, 0.25) is 0 Å². The van der Waals surface area contributed by atoms with Gasteiger partial charge in [-0.2, -0.15) is 0 Å². The van der Waals surface area contributed by atoms with Crippen molar-refractivity contribution in [2.24, 2.45) is 5.92 Å². The van der Waals surface area contributed by atoms with Crippen LogP contribution in [0.15, 0.2) is 66.1 Å². The van der Waals surface area contributed by atoms with Crippen LogP contribution in [-0.2, 0) is 4.79 Å². The van der Waals surface area contributed by atoms with Crippen molar-refractivity contribution < 1.29 is 4.79 Å². The van der Waals surface area contributed by atoms with Gasteiger partial charge in [-0.25, -0.2) is 0 Å². The fraction of sp³-hybridized carbons (Fsp3) is 0.250. The summed E-state index contributed by atoms with van der Waals surface area (Å²) in [7, 11) is 0. The molecule has 2 aromatic carbocycles. The molecule has 4 rings (SSSR count). The molecule has 1 fully saturated rings. The number of amides is 1. The van der Waals surface area contributed by atoms with Gasteiger partial charge in [0.2, 0.25) is 5.91 Å². The molecule has 0 radical (unpaired) electrons. The average Bonchev–Trinajstić information content (AvgIpc) is 3.08. The Labute approximate surface area is 152 Å². The first kappa shape index (κ1) is 16.2. The summed E-state index contributed by atoms with van der Waals surface area (Å²) in [6.07, 6.45) is -0.107. The maximum Gasteiger partial charge on any atom is 0.231 e. The summed E-state index contributed by atoms with van der Waals surface area (Å²) in [5, 5.41) is 12.4. The maximum absolute atomic E-state index is 12.8. The van der Waals surface area contributed by atoms with Gasteiger partial charge >= 0.3 is 0 Å². The van der Waals surface area contributed by atoms with Crippen LogP contribution in [0.4, 0.5) is 5.69 Å². The zero-order valence-corrected chi connectivity index (χ0v) is 14.8. The van der Waals surface area contributed by atoms with E-state index >= 15 is 0 Å². The summed E-state index contributed by atoms with van der Waals surface area (Å²) in [6, 6.07) is 20.3. The number of hydrogen-bond donors (Lipinski definition) is 3. The second-order valence-corrected chi connectivity index (χ2v) is 7.44. The molecule has 0 bridgehead atoms. The Morgan fingerprint density at radius 3 is 2.44 bits per heavy atom. The van der Waals surface area contributed by atoms with Gasteiger partial charge in [-0.3, -0.25) is 10.1 Å². The van der Waals surface area contributed by atoms with Gasteiger partial charge in [0, 0.05) is 5.69 Å². The van der Waals surface area contributed by atoms with Crippen LogP contribution in [-0.4, -0.2) is 23.5 Å². The largest absolute Gasteiger partial charge is 0.379 e. The van der Waals surface area contributed by atoms with E-state index < -0.39 is 0 Å². The topological polar surface area (TPSA) is 53.2 Å². The third kappa shape index (κ3) is 3.30. The molecule has 3 N–H and O–H groups in total. The number of carbonyl (C=O) groups is 1. The SMILES string of the molecule is CC(Nc1ccccc1)C1NC(=O)C2C(c3ccccc3)=CSC2N1. The minimum Gasteiger partial charge on any atom is -0.379 e. The number of thioether (sulfide) groups is 1. The van der Waals surface area contributed by atoms with E-state index in [-0.39, 0.29) is 29.4 Å². The number of hydrogen-bond acceptors (Lipinski definition) is 4. The molecule has 0 aliphatic carbocycles. The van der Waals surface area contributed by atoms with Gasteiger partial charge in [0.15, 0.2) is 0 Å². The van der Waals surface area contributed by atoms with Crippen molar-refractivity contribution in [1.82, 2.24) is 10.6 Å². The molecule has 2 heterocycles. The summed E-state index contributed by atoms with van der Waals surface area (Å²) in [5.74, 6) is -0.0526. The van der Waals surface area contributed by atoms with Crippen LogP contribution >= 0.6 is 11.8 Å². The number of benzene rings is 2. The Balaban J connectivity index is 1.46. The highest BCUT2D eigenvalue weighted by atomic mass is 32.2. The van der Waals surface area contributed by atoms with Crippen LogP contribution in [0.5, 0.6) is 0 Å². The number of carbonyl (C=O) groups excluding carboxylic acids is 1. The van der Waals surface area contributed by atoms with Gasteiger partial charge in [0.1, 0.15) is 6.17 Å². The van der Waals surface area contributed by atoms with Crippen LogP contribution in [0.25, 0.3) is 5.57 Å². The molecular weight excluding hydrogens is 330 g/mol. The first-order valence-electron chi connectivity index (χ1n) is 8.51. The van der Waals surface area contributed by atoms with Crippen molar-refractivity contribution in [2.75, 3.05) is 5.32 Å². The molecule has 4 atom stereocenters. The quantitative estimate of drug-likeness (QED) is 0.791. The van der Waals surface area contributed by atoms with E-state index in [0.717, 1.165) is 16.8 Å². The number of fused-ring (bicyclic) bond motifs is 1. The van der Waals surface area contributed by atoms with Crippen molar-refractivity contribution >= 4 is 28.9 Å². The van der Waals surface area contributed by atoms with E-state index in [0.29, 0.717) is 0 Å². The van der Waals surface area contributed by atoms with Gasteiger partial charge in [-0.15, -0.1) is 11.8 Å². The van der Waals surface area contributed by atoms with E-state index in [1.54, 1.807) is 11.8 Å². The summed E-state index contributed by atoms with van der Waals surface area (Å²) in [5.41, 5.74) is 3.27. The lowest BCUT2D eigenvalue weighted by atomic mass is 9.91. The van der Waals surface area contributed by atoms with Gasteiger partial charge in [-0.05, 0) is 35.6 Å². The van der Waals surface area contributed by atoms with Crippen LogP contribution in [0, 0.1) is 5.92 Å². The normalized spacial score (nSPS) is 26.4. The number of anilines is 1. The Morgan fingerprint density at radius 1 is 1.04 bits per heavy atom.